The van der Waals surface area contributed by atoms with Gasteiger partial charge in [0.25, 0.3) is 0 Å². The summed E-state index contributed by atoms with van der Waals surface area (Å²) in [5, 5.41) is 13.5. The van der Waals surface area contributed by atoms with E-state index < -0.39 is 18.2 Å². The minimum Gasteiger partial charge on any atom is -0.445 e. The van der Waals surface area contributed by atoms with Crippen molar-refractivity contribution in [1.29, 1.82) is 0 Å². The zero-order valence-electron chi connectivity index (χ0n) is 18.7. The summed E-state index contributed by atoms with van der Waals surface area (Å²) in [5.41, 5.74) is 1.97. The summed E-state index contributed by atoms with van der Waals surface area (Å²) >= 11 is 0. The van der Waals surface area contributed by atoms with Gasteiger partial charge in [0.1, 0.15) is 6.61 Å². The molecule has 2 N–H and O–H groups in total. The Kier molecular flexibility index (Phi) is 12.4. The lowest BCUT2D eigenvalue weighted by molar-refractivity contribution is 0.0329. The van der Waals surface area contributed by atoms with Crippen LogP contribution in [0.25, 0.3) is 0 Å². The Hall–Kier alpha value is -2.37. The van der Waals surface area contributed by atoms with Crippen LogP contribution < -0.4 is 5.32 Å². The van der Waals surface area contributed by atoms with Crippen molar-refractivity contribution in [2.24, 2.45) is 0 Å². The average molecular weight is 428 g/mol. The van der Waals surface area contributed by atoms with Crippen molar-refractivity contribution in [2.45, 2.75) is 77.2 Å². The number of hydrogen-bond donors (Lipinski definition) is 2. The van der Waals surface area contributed by atoms with Crippen molar-refractivity contribution in [3.8, 4) is 0 Å². The number of carbonyl (C=O) groups is 1. The number of benzene rings is 2. The van der Waals surface area contributed by atoms with Crippen LogP contribution in [0.1, 0.15) is 63.0 Å². The maximum Gasteiger partial charge on any atom is 0.407 e. The second kappa shape index (κ2) is 15.4. The number of aliphatic hydroxyl groups is 1. The molecule has 0 radical (unpaired) electrons. The second-order valence-electron chi connectivity index (χ2n) is 7.94. The van der Waals surface area contributed by atoms with Gasteiger partial charge >= 0.3 is 6.09 Å². The summed E-state index contributed by atoms with van der Waals surface area (Å²) in [4.78, 5) is 12.3. The molecule has 0 saturated carbocycles. The fourth-order valence-corrected chi connectivity index (χ4v) is 3.38. The normalized spacial score (nSPS) is 12.8. The molecule has 5 heteroatoms. The summed E-state index contributed by atoms with van der Waals surface area (Å²) in [5.74, 6) is 0. The van der Waals surface area contributed by atoms with Gasteiger partial charge in [-0.2, -0.15) is 0 Å². The lowest BCUT2D eigenvalue weighted by Gasteiger charge is -2.24. The SMILES string of the molecule is CCCCCCCC[C@H](O)[C@H](COCc1ccccc1)NC(=O)OCc1ccccc1. The molecule has 0 aliphatic rings. The van der Waals surface area contributed by atoms with Crippen molar-refractivity contribution in [1.82, 2.24) is 5.32 Å². The molecule has 0 bridgehead atoms. The summed E-state index contributed by atoms with van der Waals surface area (Å²) in [6, 6.07) is 18.9. The van der Waals surface area contributed by atoms with Crippen LogP contribution in [0.5, 0.6) is 0 Å². The summed E-state index contributed by atoms with van der Waals surface area (Å²) < 4.78 is 11.1. The van der Waals surface area contributed by atoms with E-state index in [1.165, 1.54) is 25.7 Å². The van der Waals surface area contributed by atoms with Crippen LogP contribution in [0.4, 0.5) is 4.79 Å². The Labute approximate surface area is 186 Å². The van der Waals surface area contributed by atoms with Crippen LogP contribution in [-0.2, 0) is 22.7 Å². The van der Waals surface area contributed by atoms with Crippen molar-refractivity contribution in [3.05, 3.63) is 71.8 Å². The first-order valence-electron chi connectivity index (χ1n) is 11.5. The van der Waals surface area contributed by atoms with E-state index in [1.54, 1.807) is 0 Å². The monoisotopic (exact) mass is 427 g/mol. The molecule has 0 heterocycles. The molecule has 2 aromatic rings. The largest absolute Gasteiger partial charge is 0.445 e. The molecule has 0 unspecified atom stereocenters. The van der Waals surface area contributed by atoms with Gasteiger partial charge in [-0.1, -0.05) is 106 Å². The van der Waals surface area contributed by atoms with E-state index in [0.29, 0.717) is 13.0 Å². The van der Waals surface area contributed by atoms with Gasteiger partial charge in [-0.15, -0.1) is 0 Å². The van der Waals surface area contributed by atoms with E-state index >= 15 is 0 Å². The zero-order chi connectivity index (χ0) is 22.2. The van der Waals surface area contributed by atoms with E-state index in [4.69, 9.17) is 9.47 Å². The first-order chi connectivity index (χ1) is 15.2. The van der Waals surface area contributed by atoms with Crippen molar-refractivity contribution in [3.63, 3.8) is 0 Å². The zero-order valence-corrected chi connectivity index (χ0v) is 18.7. The van der Waals surface area contributed by atoms with E-state index in [9.17, 15) is 9.90 Å². The number of alkyl carbamates (subject to hydrolysis) is 1. The molecule has 0 aliphatic heterocycles. The number of rotatable bonds is 15. The van der Waals surface area contributed by atoms with Crippen molar-refractivity contribution >= 4 is 6.09 Å². The molecule has 0 saturated heterocycles. The summed E-state index contributed by atoms with van der Waals surface area (Å²) in [7, 11) is 0. The van der Waals surface area contributed by atoms with Gasteiger partial charge < -0.3 is 19.9 Å². The topological polar surface area (TPSA) is 67.8 Å². The average Bonchev–Trinajstić information content (AvgIpc) is 2.80. The fourth-order valence-electron chi connectivity index (χ4n) is 3.38. The molecular weight excluding hydrogens is 390 g/mol. The Morgan fingerprint density at radius 3 is 2.10 bits per heavy atom. The summed E-state index contributed by atoms with van der Waals surface area (Å²) in [6.07, 6.45) is 6.33. The fraction of sp³-hybridized carbons (Fsp3) is 0.500. The van der Waals surface area contributed by atoms with Crippen LogP contribution in [-0.4, -0.2) is 30.0 Å². The van der Waals surface area contributed by atoms with Crippen LogP contribution in [0.15, 0.2) is 60.7 Å². The molecule has 31 heavy (non-hydrogen) atoms. The predicted octanol–water partition coefficient (Wildman–Crippen LogP) is 5.61. The molecular formula is C26H37NO4. The van der Waals surface area contributed by atoms with Gasteiger partial charge in [-0.25, -0.2) is 4.79 Å². The molecule has 2 rings (SSSR count). The van der Waals surface area contributed by atoms with Gasteiger partial charge in [0.2, 0.25) is 0 Å². The van der Waals surface area contributed by atoms with Crippen molar-refractivity contribution in [2.75, 3.05) is 6.61 Å². The van der Waals surface area contributed by atoms with Crippen LogP contribution >= 0.6 is 0 Å². The Balaban J connectivity index is 1.80. The van der Waals surface area contributed by atoms with Gasteiger partial charge in [-0.05, 0) is 17.5 Å². The first-order valence-corrected chi connectivity index (χ1v) is 11.5. The van der Waals surface area contributed by atoms with Gasteiger partial charge in [0, 0.05) is 0 Å². The van der Waals surface area contributed by atoms with Gasteiger partial charge in [-0.3, -0.25) is 0 Å². The van der Waals surface area contributed by atoms with E-state index in [0.717, 1.165) is 24.0 Å². The standard InChI is InChI=1S/C26H37NO4/c1-2-3-4-5-6-13-18-25(28)24(21-30-19-22-14-9-7-10-15-22)27-26(29)31-20-23-16-11-8-12-17-23/h7-12,14-17,24-25,28H,2-6,13,18-21H2,1H3,(H,27,29)/t24-,25-/m0/s1. The van der Waals surface area contributed by atoms with Gasteiger partial charge in [0.15, 0.2) is 0 Å². The molecule has 0 aromatic heterocycles. The van der Waals surface area contributed by atoms with E-state index in [-0.39, 0.29) is 13.2 Å². The second-order valence-corrected chi connectivity index (χ2v) is 7.94. The lowest BCUT2D eigenvalue weighted by atomic mass is 10.0. The summed E-state index contributed by atoms with van der Waals surface area (Å²) in [6.45, 7) is 3.05. The van der Waals surface area contributed by atoms with Gasteiger partial charge in [0.05, 0.1) is 25.4 Å². The number of hydrogen-bond acceptors (Lipinski definition) is 4. The number of nitrogens with one attached hydrogen (secondary N) is 1. The lowest BCUT2D eigenvalue weighted by Crippen LogP contribution is -2.46. The van der Waals surface area contributed by atoms with Crippen molar-refractivity contribution < 1.29 is 19.4 Å². The highest BCUT2D eigenvalue weighted by molar-refractivity contribution is 5.67. The molecule has 170 valence electrons. The number of carbonyl (C=O) groups excluding carboxylic acids is 1. The minimum absolute atomic E-state index is 0.192. The van der Waals surface area contributed by atoms with Crippen LogP contribution in [0.3, 0.4) is 0 Å². The minimum atomic E-state index is -0.675. The molecule has 0 spiro atoms. The maximum atomic E-state index is 12.3. The van der Waals surface area contributed by atoms with Crippen LogP contribution in [0.2, 0.25) is 0 Å². The molecule has 0 fully saturated rings. The van der Waals surface area contributed by atoms with E-state index in [2.05, 4.69) is 12.2 Å². The maximum absolute atomic E-state index is 12.3. The Morgan fingerprint density at radius 2 is 1.45 bits per heavy atom. The third kappa shape index (κ3) is 11.0. The molecule has 0 aliphatic carbocycles. The first kappa shape index (κ1) is 24.9. The molecule has 2 aromatic carbocycles. The highest BCUT2D eigenvalue weighted by atomic mass is 16.5. The molecule has 2 atom stereocenters. The van der Waals surface area contributed by atoms with Crippen LogP contribution in [0, 0.1) is 0 Å². The highest BCUT2D eigenvalue weighted by Gasteiger charge is 2.22. The number of aliphatic hydroxyl groups excluding tert-OH is 1. The van der Waals surface area contributed by atoms with E-state index in [1.807, 2.05) is 60.7 Å². The Bertz CT molecular complexity index is 708. The smallest absolute Gasteiger partial charge is 0.407 e. The number of amides is 1. The highest BCUT2D eigenvalue weighted by Crippen LogP contribution is 2.12. The number of ether oxygens (including phenoxy) is 2. The third-order valence-corrected chi connectivity index (χ3v) is 5.24. The quantitative estimate of drug-likeness (QED) is 0.363. The number of unbranched alkanes of at least 4 members (excludes halogenated alkanes) is 5. The third-order valence-electron chi connectivity index (χ3n) is 5.24. The Morgan fingerprint density at radius 1 is 0.871 bits per heavy atom. The molecule has 1 amide bonds. The predicted molar refractivity (Wildman–Crippen MR) is 124 cm³/mol. The molecule has 5 nitrogen and oxygen atoms in total.